The molecule has 0 saturated carbocycles. The number of ether oxygens (including phenoxy) is 1. The fourth-order valence-electron chi connectivity index (χ4n) is 2.77. The molecular formula is C15H25ClN4O. The van der Waals surface area contributed by atoms with Crippen LogP contribution < -0.4 is 0 Å². The van der Waals surface area contributed by atoms with Gasteiger partial charge in [-0.2, -0.15) is 5.10 Å². The zero-order chi connectivity index (χ0) is 15.8. The van der Waals surface area contributed by atoms with Crippen LogP contribution in [0.1, 0.15) is 51.5 Å². The lowest BCUT2D eigenvalue weighted by Gasteiger charge is -2.26. The Morgan fingerprint density at radius 1 is 1.33 bits per heavy atom. The molecule has 0 aromatic carbocycles. The second kappa shape index (κ2) is 5.97. The molecule has 1 unspecified atom stereocenters. The first-order chi connectivity index (χ1) is 9.80. The standard InChI is InChI=1S/C15H25ClN4O/c1-7-11-12-14(19(6)18-11)20(13(17-12)10(3)16)9-15(4,5)21-8-2/h10H,7-9H2,1-6H3. The van der Waals surface area contributed by atoms with Crippen LogP contribution in [0.15, 0.2) is 0 Å². The fraction of sp³-hybridized carbons (Fsp3) is 0.733. The van der Waals surface area contributed by atoms with Crippen LogP contribution in [0.4, 0.5) is 0 Å². The SMILES string of the molecule is CCOC(C)(C)Cn1c(C(C)Cl)nc2c(CC)nn(C)c21. The highest BCUT2D eigenvalue weighted by Crippen LogP contribution is 2.28. The summed E-state index contributed by atoms with van der Waals surface area (Å²) >= 11 is 6.34. The molecule has 0 aliphatic rings. The third kappa shape index (κ3) is 3.09. The maximum atomic E-state index is 6.34. The van der Waals surface area contributed by atoms with Crippen molar-refractivity contribution in [2.24, 2.45) is 7.05 Å². The van der Waals surface area contributed by atoms with Gasteiger partial charge in [-0.3, -0.25) is 4.68 Å². The Hall–Kier alpha value is -1.07. The minimum atomic E-state index is -0.278. The minimum absolute atomic E-state index is 0.153. The Labute approximate surface area is 131 Å². The molecule has 0 saturated heterocycles. The normalized spacial score (nSPS) is 14.0. The Bertz CT molecular complexity index is 627. The van der Waals surface area contributed by atoms with Gasteiger partial charge in [0.2, 0.25) is 0 Å². The lowest BCUT2D eigenvalue weighted by Crippen LogP contribution is -2.31. The summed E-state index contributed by atoms with van der Waals surface area (Å²) in [5, 5.41) is 4.40. The van der Waals surface area contributed by atoms with E-state index in [-0.39, 0.29) is 11.0 Å². The predicted octanol–water partition coefficient (Wildman–Crippen LogP) is 3.45. The van der Waals surface area contributed by atoms with Crippen LogP contribution in [-0.4, -0.2) is 31.5 Å². The zero-order valence-electron chi connectivity index (χ0n) is 13.8. The lowest BCUT2D eigenvalue weighted by atomic mass is 10.1. The van der Waals surface area contributed by atoms with Crippen LogP contribution in [0.2, 0.25) is 0 Å². The van der Waals surface area contributed by atoms with E-state index < -0.39 is 0 Å². The Kier molecular flexibility index (Phi) is 4.63. The number of fused-ring (bicyclic) bond motifs is 1. The van der Waals surface area contributed by atoms with Crippen molar-refractivity contribution in [1.82, 2.24) is 19.3 Å². The minimum Gasteiger partial charge on any atom is -0.374 e. The molecule has 0 spiro atoms. The fourth-order valence-corrected chi connectivity index (χ4v) is 2.94. The third-order valence-electron chi connectivity index (χ3n) is 3.59. The van der Waals surface area contributed by atoms with Gasteiger partial charge in [0.15, 0.2) is 5.65 Å². The average molecular weight is 313 g/mol. The van der Waals surface area contributed by atoms with Gasteiger partial charge in [-0.1, -0.05) is 6.92 Å². The van der Waals surface area contributed by atoms with E-state index >= 15 is 0 Å². The van der Waals surface area contributed by atoms with Crippen molar-refractivity contribution in [2.45, 2.75) is 58.6 Å². The largest absolute Gasteiger partial charge is 0.374 e. The summed E-state index contributed by atoms with van der Waals surface area (Å²) in [7, 11) is 1.95. The Balaban J connectivity index is 2.58. The van der Waals surface area contributed by atoms with E-state index in [1.165, 1.54) is 0 Å². The second-order valence-electron chi connectivity index (χ2n) is 5.96. The van der Waals surface area contributed by atoms with Crippen molar-refractivity contribution in [3.63, 3.8) is 0 Å². The molecule has 2 heterocycles. The monoisotopic (exact) mass is 312 g/mol. The smallest absolute Gasteiger partial charge is 0.158 e. The van der Waals surface area contributed by atoms with Crippen LogP contribution in [-0.2, 0) is 24.8 Å². The number of aryl methyl sites for hydroxylation is 2. The number of hydrogen-bond acceptors (Lipinski definition) is 3. The number of hydrogen-bond donors (Lipinski definition) is 0. The van der Waals surface area contributed by atoms with Gasteiger partial charge in [0.25, 0.3) is 0 Å². The molecule has 0 aliphatic carbocycles. The first-order valence-corrected chi connectivity index (χ1v) is 7.94. The van der Waals surface area contributed by atoms with Crippen LogP contribution in [0.25, 0.3) is 11.2 Å². The van der Waals surface area contributed by atoms with E-state index in [0.29, 0.717) is 13.2 Å². The van der Waals surface area contributed by atoms with E-state index in [1.807, 2.05) is 25.6 Å². The van der Waals surface area contributed by atoms with Crippen molar-refractivity contribution in [2.75, 3.05) is 6.61 Å². The van der Waals surface area contributed by atoms with Gasteiger partial charge in [0.05, 0.1) is 23.2 Å². The van der Waals surface area contributed by atoms with Gasteiger partial charge in [0, 0.05) is 13.7 Å². The zero-order valence-corrected chi connectivity index (χ0v) is 14.5. The number of rotatable bonds is 6. The van der Waals surface area contributed by atoms with Crippen LogP contribution in [0, 0.1) is 0 Å². The molecule has 0 radical (unpaired) electrons. The quantitative estimate of drug-likeness (QED) is 0.767. The topological polar surface area (TPSA) is 44.9 Å². The van der Waals surface area contributed by atoms with Crippen LogP contribution in [0.3, 0.4) is 0 Å². The van der Waals surface area contributed by atoms with E-state index in [2.05, 4.69) is 30.4 Å². The molecule has 0 aliphatic heterocycles. The summed E-state index contributed by atoms with van der Waals surface area (Å²) in [6.07, 6.45) is 0.860. The van der Waals surface area contributed by atoms with Crippen LogP contribution in [0.5, 0.6) is 0 Å². The summed E-state index contributed by atoms with van der Waals surface area (Å²) in [6.45, 7) is 11.6. The van der Waals surface area contributed by atoms with Crippen molar-refractivity contribution >= 4 is 22.8 Å². The van der Waals surface area contributed by atoms with Crippen LogP contribution >= 0.6 is 11.6 Å². The van der Waals surface area contributed by atoms with Gasteiger partial charge in [-0.15, -0.1) is 11.6 Å². The first-order valence-electron chi connectivity index (χ1n) is 7.50. The summed E-state index contributed by atoms with van der Waals surface area (Å²) in [6, 6.07) is 0. The highest BCUT2D eigenvalue weighted by Gasteiger charge is 2.26. The molecule has 2 aromatic heterocycles. The summed E-state index contributed by atoms with van der Waals surface area (Å²) < 4.78 is 9.88. The molecule has 0 fully saturated rings. The Morgan fingerprint density at radius 3 is 2.52 bits per heavy atom. The van der Waals surface area contributed by atoms with Crippen molar-refractivity contribution < 1.29 is 4.74 Å². The molecule has 21 heavy (non-hydrogen) atoms. The Morgan fingerprint density at radius 2 is 2.00 bits per heavy atom. The number of halogens is 1. The predicted molar refractivity (Wildman–Crippen MR) is 85.9 cm³/mol. The molecular weight excluding hydrogens is 288 g/mol. The maximum Gasteiger partial charge on any atom is 0.158 e. The molecule has 6 heteroatoms. The van der Waals surface area contributed by atoms with E-state index in [9.17, 15) is 0 Å². The van der Waals surface area contributed by atoms with Crippen molar-refractivity contribution in [1.29, 1.82) is 0 Å². The summed E-state index contributed by atoms with van der Waals surface area (Å²) in [5.41, 5.74) is 2.70. The molecule has 0 bridgehead atoms. The second-order valence-corrected chi connectivity index (χ2v) is 6.62. The van der Waals surface area contributed by atoms with E-state index in [4.69, 9.17) is 21.3 Å². The third-order valence-corrected chi connectivity index (χ3v) is 3.78. The van der Waals surface area contributed by atoms with Gasteiger partial charge in [-0.05, 0) is 34.1 Å². The number of imidazole rings is 1. The van der Waals surface area contributed by atoms with Gasteiger partial charge in [0.1, 0.15) is 11.3 Å². The molecule has 118 valence electrons. The molecule has 1 atom stereocenters. The number of nitrogens with zero attached hydrogens (tertiary/aromatic N) is 4. The molecule has 2 aromatic rings. The molecule has 0 N–H and O–H groups in total. The lowest BCUT2D eigenvalue weighted by molar-refractivity contribution is -0.0223. The highest BCUT2D eigenvalue weighted by atomic mass is 35.5. The number of alkyl halides is 1. The van der Waals surface area contributed by atoms with Crippen molar-refractivity contribution in [3.8, 4) is 0 Å². The van der Waals surface area contributed by atoms with Crippen molar-refractivity contribution in [3.05, 3.63) is 11.5 Å². The maximum absolute atomic E-state index is 6.34. The molecule has 2 rings (SSSR count). The summed E-state index contributed by atoms with van der Waals surface area (Å²) in [5.74, 6) is 0.877. The van der Waals surface area contributed by atoms with Gasteiger partial charge < -0.3 is 9.30 Å². The summed E-state index contributed by atoms with van der Waals surface area (Å²) in [4.78, 5) is 4.74. The van der Waals surface area contributed by atoms with Gasteiger partial charge in [-0.25, -0.2) is 4.98 Å². The van der Waals surface area contributed by atoms with Gasteiger partial charge >= 0.3 is 0 Å². The number of aromatic nitrogens is 4. The highest BCUT2D eigenvalue weighted by molar-refractivity contribution is 6.20. The first kappa shape index (κ1) is 16.3. The average Bonchev–Trinajstić information content (AvgIpc) is 2.88. The van der Waals surface area contributed by atoms with E-state index in [0.717, 1.165) is 29.1 Å². The van der Waals surface area contributed by atoms with E-state index in [1.54, 1.807) is 0 Å². The molecule has 0 amide bonds. The molecule has 5 nitrogen and oxygen atoms in total.